The molecule has 6 heteroatoms. The topological polar surface area (TPSA) is 69.0 Å². The summed E-state index contributed by atoms with van der Waals surface area (Å²) < 4.78 is 7.09. The Morgan fingerprint density at radius 2 is 2.00 bits per heavy atom. The highest BCUT2D eigenvalue weighted by Crippen LogP contribution is 2.28. The zero-order chi connectivity index (χ0) is 19.0. The van der Waals surface area contributed by atoms with E-state index in [-0.39, 0.29) is 5.91 Å². The number of rotatable bonds is 4. The molecule has 2 aromatic heterocycles. The van der Waals surface area contributed by atoms with Crippen LogP contribution in [0.15, 0.2) is 48.5 Å². The quantitative estimate of drug-likeness (QED) is 0.593. The van der Waals surface area contributed by atoms with Gasteiger partial charge in [-0.1, -0.05) is 30.3 Å². The summed E-state index contributed by atoms with van der Waals surface area (Å²) in [5, 5.41) is 9.32. The lowest BCUT2D eigenvalue weighted by atomic mass is 10.1. The summed E-state index contributed by atoms with van der Waals surface area (Å²) >= 11 is 0. The first-order valence-corrected chi connectivity index (χ1v) is 8.83. The molecule has 27 heavy (non-hydrogen) atoms. The first-order chi connectivity index (χ1) is 13.1. The van der Waals surface area contributed by atoms with Crippen LogP contribution in [0.25, 0.3) is 21.9 Å². The molecule has 2 aromatic carbocycles. The van der Waals surface area contributed by atoms with Gasteiger partial charge in [-0.3, -0.25) is 4.79 Å². The summed E-state index contributed by atoms with van der Waals surface area (Å²) in [5.74, 6) is 0.756. The van der Waals surface area contributed by atoms with E-state index in [0.29, 0.717) is 23.7 Å². The second kappa shape index (κ2) is 6.72. The molecule has 1 amide bonds. The minimum absolute atomic E-state index is 0.264. The number of hydrogen-bond acceptors (Lipinski definition) is 4. The molecule has 0 fully saturated rings. The average molecular weight is 360 g/mol. The number of pyridine rings is 1. The molecule has 0 aliphatic carbocycles. The normalized spacial score (nSPS) is 11.1. The smallest absolute Gasteiger partial charge is 0.260 e. The molecule has 4 aromatic rings. The largest absolute Gasteiger partial charge is 0.496 e. The zero-order valence-corrected chi connectivity index (χ0v) is 15.5. The van der Waals surface area contributed by atoms with Gasteiger partial charge in [-0.2, -0.15) is 5.10 Å². The standard InChI is InChI=1S/C21H20N4O2/c1-4-25-20-16(12-14-9-7-8-13(2)18(14)22-20)19(24-25)23-21(26)15-10-5-6-11-17(15)27-3/h5-12H,4H2,1-3H3,(H,23,24,26). The zero-order valence-electron chi connectivity index (χ0n) is 15.5. The van der Waals surface area contributed by atoms with E-state index < -0.39 is 0 Å². The number of carbonyl (C=O) groups excluding carboxylic acids is 1. The molecule has 0 spiro atoms. The number of benzene rings is 2. The van der Waals surface area contributed by atoms with Crippen molar-refractivity contribution in [3.63, 3.8) is 0 Å². The van der Waals surface area contributed by atoms with Crippen LogP contribution in [0, 0.1) is 6.92 Å². The number of anilines is 1. The molecule has 0 saturated heterocycles. The predicted octanol–water partition coefficient (Wildman–Crippen LogP) is 4.17. The highest BCUT2D eigenvalue weighted by molar-refractivity contribution is 6.10. The van der Waals surface area contributed by atoms with Crippen LogP contribution in [0.2, 0.25) is 0 Å². The third-order valence-electron chi connectivity index (χ3n) is 4.63. The fourth-order valence-corrected chi connectivity index (χ4v) is 3.25. The lowest BCUT2D eigenvalue weighted by Gasteiger charge is -2.07. The van der Waals surface area contributed by atoms with Crippen LogP contribution >= 0.6 is 0 Å². The summed E-state index contributed by atoms with van der Waals surface area (Å²) in [6, 6.07) is 15.2. The van der Waals surface area contributed by atoms with E-state index in [4.69, 9.17) is 9.72 Å². The molecule has 0 unspecified atom stereocenters. The maximum atomic E-state index is 12.8. The van der Waals surface area contributed by atoms with Crippen LogP contribution in [-0.4, -0.2) is 27.8 Å². The number of fused-ring (bicyclic) bond motifs is 2. The minimum Gasteiger partial charge on any atom is -0.496 e. The number of carbonyl (C=O) groups is 1. The fraction of sp³-hybridized carbons (Fsp3) is 0.190. The SMILES string of the molecule is CCn1nc(NC(=O)c2ccccc2OC)c2cc3cccc(C)c3nc21. The predicted molar refractivity (Wildman–Crippen MR) is 106 cm³/mol. The average Bonchev–Trinajstić information content (AvgIpc) is 3.03. The van der Waals surface area contributed by atoms with Crippen LogP contribution < -0.4 is 10.1 Å². The number of hydrogen-bond donors (Lipinski definition) is 1. The van der Waals surface area contributed by atoms with Gasteiger partial charge in [0.05, 0.1) is 23.6 Å². The van der Waals surface area contributed by atoms with Crippen LogP contribution in [0.5, 0.6) is 5.75 Å². The molecule has 0 aliphatic rings. The van der Waals surface area contributed by atoms with E-state index in [1.54, 1.807) is 30.0 Å². The van der Waals surface area contributed by atoms with Gasteiger partial charge in [-0.15, -0.1) is 0 Å². The molecular weight excluding hydrogens is 340 g/mol. The van der Waals surface area contributed by atoms with E-state index in [1.807, 2.05) is 44.2 Å². The number of ether oxygens (including phenoxy) is 1. The Morgan fingerprint density at radius 3 is 2.78 bits per heavy atom. The van der Waals surface area contributed by atoms with Crippen LogP contribution in [-0.2, 0) is 6.54 Å². The maximum Gasteiger partial charge on any atom is 0.260 e. The lowest BCUT2D eigenvalue weighted by molar-refractivity contribution is 0.102. The van der Waals surface area contributed by atoms with Crippen molar-refractivity contribution in [1.82, 2.24) is 14.8 Å². The summed E-state index contributed by atoms with van der Waals surface area (Å²) in [7, 11) is 1.55. The monoisotopic (exact) mass is 360 g/mol. The number of aryl methyl sites for hydroxylation is 2. The first kappa shape index (κ1) is 17.0. The van der Waals surface area contributed by atoms with Crippen molar-refractivity contribution in [3.8, 4) is 5.75 Å². The van der Waals surface area contributed by atoms with E-state index in [2.05, 4.69) is 10.4 Å². The Bertz CT molecular complexity index is 1160. The second-order valence-corrected chi connectivity index (χ2v) is 6.32. The Hall–Kier alpha value is -3.41. The Balaban J connectivity index is 1.83. The Morgan fingerprint density at radius 1 is 1.19 bits per heavy atom. The maximum absolute atomic E-state index is 12.8. The third-order valence-corrected chi connectivity index (χ3v) is 4.63. The van der Waals surface area contributed by atoms with Gasteiger partial charge in [0.2, 0.25) is 0 Å². The number of nitrogens with zero attached hydrogens (tertiary/aromatic N) is 3. The molecule has 0 radical (unpaired) electrons. The van der Waals surface area contributed by atoms with Gasteiger partial charge in [0.25, 0.3) is 5.91 Å². The molecular formula is C21H20N4O2. The van der Waals surface area contributed by atoms with Crippen molar-refractivity contribution in [2.45, 2.75) is 20.4 Å². The molecule has 0 saturated carbocycles. The van der Waals surface area contributed by atoms with Crippen molar-refractivity contribution < 1.29 is 9.53 Å². The minimum atomic E-state index is -0.264. The molecule has 1 N–H and O–H groups in total. The van der Waals surface area contributed by atoms with Crippen molar-refractivity contribution in [2.24, 2.45) is 0 Å². The summed E-state index contributed by atoms with van der Waals surface area (Å²) in [6.45, 7) is 4.70. The van der Waals surface area contributed by atoms with Gasteiger partial charge < -0.3 is 10.1 Å². The number of aromatic nitrogens is 3. The lowest BCUT2D eigenvalue weighted by Crippen LogP contribution is -2.14. The molecule has 0 aliphatic heterocycles. The number of nitrogens with one attached hydrogen (secondary N) is 1. The van der Waals surface area contributed by atoms with Gasteiger partial charge in [-0.25, -0.2) is 9.67 Å². The van der Waals surface area contributed by atoms with Crippen LogP contribution in [0.4, 0.5) is 5.82 Å². The van der Waals surface area contributed by atoms with Crippen molar-refractivity contribution in [3.05, 3.63) is 59.7 Å². The van der Waals surface area contributed by atoms with Gasteiger partial charge >= 0.3 is 0 Å². The molecule has 136 valence electrons. The van der Waals surface area contributed by atoms with Crippen molar-refractivity contribution in [1.29, 1.82) is 0 Å². The molecule has 6 nitrogen and oxygen atoms in total. The summed E-state index contributed by atoms with van der Waals surface area (Å²) in [6.07, 6.45) is 0. The van der Waals surface area contributed by atoms with Gasteiger partial charge in [0.1, 0.15) is 5.75 Å². The first-order valence-electron chi connectivity index (χ1n) is 8.83. The highest BCUT2D eigenvalue weighted by atomic mass is 16.5. The van der Waals surface area contributed by atoms with Crippen LogP contribution in [0.1, 0.15) is 22.8 Å². The van der Waals surface area contributed by atoms with Gasteiger partial charge in [0.15, 0.2) is 11.5 Å². The third kappa shape index (κ3) is 2.89. The fourth-order valence-electron chi connectivity index (χ4n) is 3.25. The summed E-state index contributed by atoms with van der Waals surface area (Å²) in [4.78, 5) is 17.6. The van der Waals surface area contributed by atoms with Crippen molar-refractivity contribution in [2.75, 3.05) is 12.4 Å². The number of para-hydroxylation sites is 2. The van der Waals surface area contributed by atoms with E-state index >= 15 is 0 Å². The molecule has 2 heterocycles. The molecule has 0 atom stereocenters. The van der Waals surface area contributed by atoms with E-state index in [0.717, 1.165) is 27.5 Å². The Kier molecular flexibility index (Phi) is 4.24. The van der Waals surface area contributed by atoms with E-state index in [9.17, 15) is 4.79 Å². The van der Waals surface area contributed by atoms with Crippen LogP contribution in [0.3, 0.4) is 0 Å². The van der Waals surface area contributed by atoms with Gasteiger partial charge in [0, 0.05) is 11.9 Å². The second-order valence-electron chi connectivity index (χ2n) is 6.32. The molecule has 0 bridgehead atoms. The number of methoxy groups -OCH3 is 1. The highest BCUT2D eigenvalue weighted by Gasteiger charge is 2.18. The van der Waals surface area contributed by atoms with Gasteiger partial charge in [-0.05, 0) is 37.6 Å². The summed E-state index contributed by atoms with van der Waals surface area (Å²) in [5.41, 5.74) is 3.28. The number of amides is 1. The molecule has 4 rings (SSSR count). The van der Waals surface area contributed by atoms with Crippen molar-refractivity contribution >= 4 is 33.7 Å². The Labute approximate surface area is 156 Å². The van der Waals surface area contributed by atoms with E-state index in [1.165, 1.54) is 0 Å².